The summed E-state index contributed by atoms with van der Waals surface area (Å²) >= 11 is 0. The lowest BCUT2D eigenvalue weighted by molar-refractivity contribution is -0.148. The predicted octanol–water partition coefficient (Wildman–Crippen LogP) is 0.00210. The normalized spacial score (nSPS) is 14.3. The van der Waals surface area contributed by atoms with Gasteiger partial charge in [0.2, 0.25) is 5.91 Å². The number of nitrogens with zero attached hydrogens (tertiary/aromatic N) is 2. The Morgan fingerprint density at radius 2 is 1.61 bits per heavy atom. The first kappa shape index (κ1) is 16.8. The number of rotatable bonds is 3. The molecule has 1 heterocycles. The van der Waals surface area contributed by atoms with E-state index in [0.29, 0.717) is 26.2 Å². The molecule has 1 fully saturated rings. The van der Waals surface area contributed by atoms with Gasteiger partial charge in [0.1, 0.15) is 5.75 Å². The zero-order chi connectivity index (χ0) is 16.8. The van der Waals surface area contributed by atoms with Gasteiger partial charge in [-0.2, -0.15) is 0 Å². The molecule has 0 saturated carbocycles. The van der Waals surface area contributed by atoms with Gasteiger partial charge in [0, 0.05) is 39.6 Å². The molecule has 0 aliphatic carbocycles. The van der Waals surface area contributed by atoms with Crippen molar-refractivity contribution in [3.8, 4) is 5.75 Å². The Morgan fingerprint density at radius 3 is 2.13 bits per heavy atom. The summed E-state index contributed by atoms with van der Waals surface area (Å²) < 4.78 is 5.06. The van der Waals surface area contributed by atoms with E-state index in [2.05, 4.69) is 5.32 Å². The first-order chi connectivity index (χ1) is 11.0. The molecule has 7 nitrogen and oxygen atoms in total. The molecule has 23 heavy (non-hydrogen) atoms. The highest BCUT2D eigenvalue weighted by Gasteiger charge is 2.26. The van der Waals surface area contributed by atoms with E-state index in [9.17, 15) is 14.4 Å². The molecule has 1 N–H and O–H groups in total. The second-order valence-corrected chi connectivity index (χ2v) is 5.33. The van der Waals surface area contributed by atoms with Gasteiger partial charge in [0.25, 0.3) is 0 Å². The van der Waals surface area contributed by atoms with E-state index in [-0.39, 0.29) is 12.5 Å². The molecule has 0 unspecified atom stereocenters. The number of benzene rings is 1. The van der Waals surface area contributed by atoms with Gasteiger partial charge >= 0.3 is 11.8 Å². The van der Waals surface area contributed by atoms with Crippen LogP contribution in [0.3, 0.4) is 0 Å². The molecule has 3 amide bonds. The zero-order valence-corrected chi connectivity index (χ0v) is 13.4. The van der Waals surface area contributed by atoms with E-state index in [1.54, 1.807) is 24.1 Å². The van der Waals surface area contributed by atoms with Crippen LogP contribution in [0.1, 0.15) is 12.5 Å². The van der Waals surface area contributed by atoms with Crippen LogP contribution >= 0.6 is 0 Å². The van der Waals surface area contributed by atoms with Crippen LogP contribution in [-0.2, 0) is 20.9 Å². The van der Waals surface area contributed by atoms with E-state index in [0.717, 1.165) is 11.3 Å². The first-order valence-electron chi connectivity index (χ1n) is 7.47. The molecule has 1 saturated heterocycles. The summed E-state index contributed by atoms with van der Waals surface area (Å²) in [5.41, 5.74) is 0.883. The van der Waals surface area contributed by atoms with Crippen molar-refractivity contribution >= 4 is 17.7 Å². The van der Waals surface area contributed by atoms with Gasteiger partial charge in [0.05, 0.1) is 7.11 Å². The number of nitrogens with one attached hydrogen (secondary N) is 1. The van der Waals surface area contributed by atoms with Gasteiger partial charge in [-0.25, -0.2) is 0 Å². The van der Waals surface area contributed by atoms with Crippen LogP contribution < -0.4 is 10.1 Å². The number of carbonyl (C=O) groups excluding carboxylic acids is 3. The summed E-state index contributed by atoms with van der Waals surface area (Å²) in [7, 11) is 1.58. The molecule has 1 aliphatic heterocycles. The fourth-order valence-electron chi connectivity index (χ4n) is 2.37. The summed E-state index contributed by atoms with van der Waals surface area (Å²) in [4.78, 5) is 38.4. The van der Waals surface area contributed by atoms with Gasteiger partial charge < -0.3 is 19.9 Å². The van der Waals surface area contributed by atoms with Crippen LogP contribution in [-0.4, -0.2) is 60.8 Å². The quantitative estimate of drug-likeness (QED) is 0.796. The number of piperazine rings is 1. The minimum absolute atomic E-state index is 0.0129. The number of hydrogen-bond acceptors (Lipinski definition) is 4. The Bertz CT molecular complexity index is 577. The maximum absolute atomic E-state index is 12.1. The molecule has 2 rings (SSSR count). The molecule has 0 bridgehead atoms. The van der Waals surface area contributed by atoms with Gasteiger partial charge in [-0.1, -0.05) is 12.1 Å². The molecule has 0 aromatic heterocycles. The summed E-state index contributed by atoms with van der Waals surface area (Å²) in [6.07, 6.45) is 0. The minimum Gasteiger partial charge on any atom is -0.497 e. The Hall–Kier alpha value is -2.57. The second kappa shape index (κ2) is 7.62. The SMILES string of the molecule is COc1ccc(CNC(=O)C(=O)N2CCN(C(C)=O)CC2)cc1. The lowest BCUT2D eigenvalue weighted by Crippen LogP contribution is -2.53. The number of methoxy groups -OCH3 is 1. The number of ether oxygens (including phenoxy) is 1. The molecule has 0 spiro atoms. The lowest BCUT2D eigenvalue weighted by Gasteiger charge is -2.33. The highest BCUT2D eigenvalue weighted by Crippen LogP contribution is 2.11. The van der Waals surface area contributed by atoms with Crippen molar-refractivity contribution in [3.05, 3.63) is 29.8 Å². The predicted molar refractivity (Wildman–Crippen MR) is 83.7 cm³/mol. The smallest absolute Gasteiger partial charge is 0.312 e. The molecule has 1 aliphatic rings. The van der Waals surface area contributed by atoms with E-state index in [1.165, 1.54) is 11.8 Å². The van der Waals surface area contributed by atoms with Crippen molar-refractivity contribution in [3.63, 3.8) is 0 Å². The highest BCUT2D eigenvalue weighted by atomic mass is 16.5. The fraction of sp³-hybridized carbons (Fsp3) is 0.438. The molecular formula is C16H21N3O4. The van der Waals surface area contributed by atoms with Crippen molar-refractivity contribution in [1.82, 2.24) is 15.1 Å². The van der Waals surface area contributed by atoms with Crippen molar-refractivity contribution in [2.24, 2.45) is 0 Å². The molecule has 124 valence electrons. The molecule has 1 aromatic rings. The van der Waals surface area contributed by atoms with Crippen LogP contribution in [0, 0.1) is 0 Å². The van der Waals surface area contributed by atoms with E-state index in [4.69, 9.17) is 4.74 Å². The third kappa shape index (κ3) is 4.45. The number of carbonyl (C=O) groups is 3. The molecule has 7 heteroatoms. The minimum atomic E-state index is -0.628. The third-order valence-electron chi connectivity index (χ3n) is 3.82. The zero-order valence-electron chi connectivity index (χ0n) is 13.4. The Labute approximate surface area is 135 Å². The molecular weight excluding hydrogens is 298 g/mol. The van der Waals surface area contributed by atoms with Gasteiger partial charge in [0.15, 0.2) is 0 Å². The van der Waals surface area contributed by atoms with Gasteiger partial charge in [-0.3, -0.25) is 14.4 Å². The average molecular weight is 319 g/mol. The monoisotopic (exact) mass is 319 g/mol. The molecule has 0 atom stereocenters. The van der Waals surface area contributed by atoms with Gasteiger partial charge in [-0.05, 0) is 17.7 Å². The van der Waals surface area contributed by atoms with Crippen LogP contribution in [0.5, 0.6) is 5.75 Å². The standard InChI is InChI=1S/C16H21N3O4/c1-12(20)18-7-9-19(10-8-18)16(22)15(21)17-11-13-3-5-14(23-2)6-4-13/h3-6H,7-11H2,1-2H3,(H,17,21). The Kier molecular flexibility index (Phi) is 5.56. The Balaban J connectivity index is 1.81. The number of hydrogen-bond donors (Lipinski definition) is 1. The summed E-state index contributed by atoms with van der Waals surface area (Å²) in [5.74, 6) is -0.459. The van der Waals surface area contributed by atoms with Crippen molar-refractivity contribution < 1.29 is 19.1 Å². The summed E-state index contributed by atoms with van der Waals surface area (Å²) in [6, 6.07) is 7.25. The molecule has 1 aromatic carbocycles. The average Bonchev–Trinajstić information content (AvgIpc) is 2.59. The Morgan fingerprint density at radius 1 is 1.04 bits per heavy atom. The first-order valence-corrected chi connectivity index (χ1v) is 7.47. The summed E-state index contributed by atoms with van der Waals surface area (Å²) in [6.45, 7) is 3.48. The van der Waals surface area contributed by atoms with E-state index < -0.39 is 11.8 Å². The topological polar surface area (TPSA) is 79.0 Å². The largest absolute Gasteiger partial charge is 0.497 e. The van der Waals surface area contributed by atoms with Crippen LogP contribution in [0.25, 0.3) is 0 Å². The highest BCUT2D eigenvalue weighted by molar-refractivity contribution is 6.35. The van der Waals surface area contributed by atoms with Gasteiger partial charge in [-0.15, -0.1) is 0 Å². The lowest BCUT2D eigenvalue weighted by atomic mass is 10.2. The van der Waals surface area contributed by atoms with Crippen LogP contribution in [0.2, 0.25) is 0 Å². The van der Waals surface area contributed by atoms with E-state index in [1.807, 2.05) is 12.1 Å². The summed E-state index contributed by atoms with van der Waals surface area (Å²) in [5, 5.41) is 2.62. The third-order valence-corrected chi connectivity index (χ3v) is 3.82. The maximum atomic E-state index is 12.1. The van der Waals surface area contributed by atoms with Crippen LogP contribution in [0.4, 0.5) is 0 Å². The fourth-order valence-corrected chi connectivity index (χ4v) is 2.37. The number of amides is 3. The van der Waals surface area contributed by atoms with E-state index >= 15 is 0 Å². The van der Waals surface area contributed by atoms with Crippen LogP contribution in [0.15, 0.2) is 24.3 Å². The molecule has 0 radical (unpaired) electrons. The van der Waals surface area contributed by atoms with Crippen molar-refractivity contribution in [1.29, 1.82) is 0 Å². The van der Waals surface area contributed by atoms with Crippen molar-refractivity contribution in [2.75, 3.05) is 33.3 Å². The maximum Gasteiger partial charge on any atom is 0.312 e. The van der Waals surface area contributed by atoms with Crippen molar-refractivity contribution in [2.45, 2.75) is 13.5 Å². The second-order valence-electron chi connectivity index (χ2n) is 5.33.